The van der Waals surface area contributed by atoms with Crippen molar-refractivity contribution in [3.63, 3.8) is 0 Å². The third kappa shape index (κ3) is 5.23. The molecule has 3 N–H and O–H groups in total. The van der Waals surface area contributed by atoms with Gasteiger partial charge < -0.3 is 15.6 Å². The standard InChI is InChI=1S/C17H21N3O2.ClH/c1-13-7-8-15(16(21)19-13)17(22)20(12-10-18)11-9-14-5-3-2-4-6-14;/h2-8H,9-12,18H2,1H3,(H,19,21);1H. The lowest BCUT2D eigenvalue weighted by Gasteiger charge is -2.22. The largest absolute Gasteiger partial charge is 0.337 e. The first kappa shape index (κ1) is 18.9. The molecule has 23 heavy (non-hydrogen) atoms. The third-order valence-electron chi connectivity index (χ3n) is 3.49. The van der Waals surface area contributed by atoms with E-state index in [-0.39, 0.29) is 29.4 Å². The molecule has 0 atom stereocenters. The molecule has 0 unspecified atom stereocenters. The molecule has 0 spiro atoms. The van der Waals surface area contributed by atoms with Gasteiger partial charge in [0.2, 0.25) is 0 Å². The minimum atomic E-state index is -0.355. The summed E-state index contributed by atoms with van der Waals surface area (Å²) in [4.78, 5) is 28.8. The quantitative estimate of drug-likeness (QED) is 0.844. The molecular weight excluding hydrogens is 314 g/mol. The van der Waals surface area contributed by atoms with Crippen LogP contribution in [-0.2, 0) is 6.42 Å². The average Bonchev–Trinajstić information content (AvgIpc) is 2.52. The van der Waals surface area contributed by atoms with Crippen LogP contribution in [0, 0.1) is 6.92 Å². The van der Waals surface area contributed by atoms with Crippen LogP contribution in [0.3, 0.4) is 0 Å². The number of rotatable bonds is 6. The maximum absolute atomic E-state index is 12.5. The van der Waals surface area contributed by atoms with Gasteiger partial charge in [0.1, 0.15) is 5.56 Å². The van der Waals surface area contributed by atoms with Gasteiger partial charge in [0.05, 0.1) is 0 Å². The summed E-state index contributed by atoms with van der Waals surface area (Å²) in [5.41, 5.74) is 7.28. The number of pyridine rings is 1. The number of aromatic nitrogens is 1. The van der Waals surface area contributed by atoms with Gasteiger partial charge >= 0.3 is 0 Å². The van der Waals surface area contributed by atoms with E-state index in [2.05, 4.69) is 4.98 Å². The van der Waals surface area contributed by atoms with E-state index in [1.54, 1.807) is 24.0 Å². The van der Waals surface area contributed by atoms with Crippen LogP contribution < -0.4 is 11.3 Å². The molecular formula is C17H22ClN3O2. The Morgan fingerprint density at radius 1 is 1.13 bits per heavy atom. The van der Waals surface area contributed by atoms with Gasteiger partial charge in [-0.1, -0.05) is 30.3 Å². The maximum atomic E-state index is 12.5. The first-order chi connectivity index (χ1) is 10.6. The smallest absolute Gasteiger partial charge is 0.260 e. The Hall–Kier alpha value is -2.11. The van der Waals surface area contributed by atoms with E-state index in [1.807, 2.05) is 30.3 Å². The van der Waals surface area contributed by atoms with Gasteiger partial charge in [-0.2, -0.15) is 0 Å². The number of benzene rings is 1. The number of carbonyl (C=O) groups excluding carboxylic acids is 1. The number of nitrogens with zero attached hydrogens (tertiary/aromatic N) is 1. The summed E-state index contributed by atoms with van der Waals surface area (Å²) in [6.07, 6.45) is 0.732. The Labute approximate surface area is 141 Å². The highest BCUT2D eigenvalue weighted by Crippen LogP contribution is 2.05. The van der Waals surface area contributed by atoms with Crippen molar-refractivity contribution in [3.8, 4) is 0 Å². The van der Waals surface area contributed by atoms with E-state index < -0.39 is 0 Å². The minimum absolute atomic E-state index is 0. The molecule has 0 radical (unpaired) electrons. The SMILES string of the molecule is Cc1ccc(C(=O)N(CCN)CCc2ccccc2)c(=O)[nH]1.Cl. The van der Waals surface area contributed by atoms with Crippen LogP contribution in [0.2, 0.25) is 0 Å². The molecule has 124 valence electrons. The zero-order chi connectivity index (χ0) is 15.9. The van der Waals surface area contributed by atoms with Crippen molar-refractivity contribution >= 4 is 18.3 Å². The number of nitrogens with two attached hydrogens (primary N) is 1. The summed E-state index contributed by atoms with van der Waals surface area (Å²) >= 11 is 0. The lowest BCUT2D eigenvalue weighted by molar-refractivity contribution is 0.0760. The fourth-order valence-electron chi connectivity index (χ4n) is 2.29. The fourth-order valence-corrected chi connectivity index (χ4v) is 2.29. The number of H-pyrrole nitrogens is 1. The van der Waals surface area contributed by atoms with Crippen molar-refractivity contribution in [2.45, 2.75) is 13.3 Å². The van der Waals surface area contributed by atoms with E-state index >= 15 is 0 Å². The number of amides is 1. The lowest BCUT2D eigenvalue weighted by Crippen LogP contribution is -2.39. The number of aryl methyl sites for hydroxylation is 1. The van der Waals surface area contributed by atoms with Gasteiger partial charge in [0.25, 0.3) is 11.5 Å². The second-order valence-corrected chi connectivity index (χ2v) is 5.20. The summed E-state index contributed by atoms with van der Waals surface area (Å²) in [6, 6.07) is 13.2. The van der Waals surface area contributed by atoms with Crippen LogP contribution in [-0.4, -0.2) is 35.4 Å². The molecule has 1 heterocycles. The number of halogens is 1. The molecule has 5 nitrogen and oxygen atoms in total. The van der Waals surface area contributed by atoms with Crippen LogP contribution in [0.4, 0.5) is 0 Å². The molecule has 0 aliphatic rings. The molecule has 2 aromatic rings. The normalized spacial score (nSPS) is 10.0. The summed E-state index contributed by atoms with van der Waals surface area (Å²) in [6.45, 7) is 3.11. The molecule has 0 saturated carbocycles. The third-order valence-corrected chi connectivity index (χ3v) is 3.49. The molecule has 6 heteroatoms. The van der Waals surface area contributed by atoms with Crippen LogP contribution >= 0.6 is 12.4 Å². The van der Waals surface area contributed by atoms with Crippen molar-refractivity contribution in [1.82, 2.24) is 9.88 Å². The van der Waals surface area contributed by atoms with Crippen molar-refractivity contribution in [2.75, 3.05) is 19.6 Å². The molecule has 0 aliphatic heterocycles. The molecule has 2 rings (SSSR count). The monoisotopic (exact) mass is 335 g/mol. The number of nitrogens with one attached hydrogen (secondary N) is 1. The van der Waals surface area contributed by atoms with E-state index in [1.165, 1.54) is 0 Å². The molecule has 0 saturated heterocycles. The van der Waals surface area contributed by atoms with Gasteiger partial charge in [-0.15, -0.1) is 12.4 Å². The molecule has 0 bridgehead atoms. The molecule has 0 aliphatic carbocycles. The van der Waals surface area contributed by atoms with E-state index in [0.29, 0.717) is 19.6 Å². The van der Waals surface area contributed by atoms with Crippen LogP contribution in [0.15, 0.2) is 47.3 Å². The Kier molecular flexibility index (Phi) is 7.51. The predicted molar refractivity (Wildman–Crippen MR) is 94.2 cm³/mol. The van der Waals surface area contributed by atoms with Crippen molar-refractivity contribution in [2.24, 2.45) is 5.73 Å². The molecule has 0 fully saturated rings. The molecule has 1 aromatic heterocycles. The number of hydrogen-bond acceptors (Lipinski definition) is 3. The zero-order valence-corrected chi connectivity index (χ0v) is 13.9. The van der Waals surface area contributed by atoms with E-state index in [0.717, 1.165) is 17.7 Å². The first-order valence-corrected chi connectivity index (χ1v) is 7.35. The van der Waals surface area contributed by atoms with Gasteiger partial charge in [-0.25, -0.2) is 0 Å². The van der Waals surface area contributed by atoms with Crippen molar-refractivity contribution in [1.29, 1.82) is 0 Å². The second-order valence-electron chi connectivity index (χ2n) is 5.20. The van der Waals surface area contributed by atoms with Crippen LogP contribution in [0.1, 0.15) is 21.6 Å². The average molecular weight is 336 g/mol. The highest BCUT2D eigenvalue weighted by Gasteiger charge is 2.18. The Morgan fingerprint density at radius 2 is 1.83 bits per heavy atom. The van der Waals surface area contributed by atoms with Gasteiger partial charge in [0, 0.05) is 25.3 Å². The first-order valence-electron chi connectivity index (χ1n) is 7.35. The van der Waals surface area contributed by atoms with Gasteiger partial charge in [-0.3, -0.25) is 9.59 Å². The van der Waals surface area contributed by atoms with Gasteiger partial charge in [-0.05, 0) is 31.0 Å². The summed E-state index contributed by atoms with van der Waals surface area (Å²) in [5.74, 6) is -0.275. The fraction of sp³-hybridized carbons (Fsp3) is 0.294. The Morgan fingerprint density at radius 3 is 2.43 bits per heavy atom. The summed E-state index contributed by atoms with van der Waals surface area (Å²) < 4.78 is 0. The predicted octanol–water partition coefficient (Wildman–Crippen LogP) is 1.75. The lowest BCUT2D eigenvalue weighted by atomic mass is 10.1. The number of hydrogen-bond donors (Lipinski definition) is 2. The van der Waals surface area contributed by atoms with E-state index in [9.17, 15) is 9.59 Å². The zero-order valence-electron chi connectivity index (χ0n) is 13.1. The van der Waals surface area contributed by atoms with Crippen LogP contribution in [0.25, 0.3) is 0 Å². The minimum Gasteiger partial charge on any atom is -0.337 e. The van der Waals surface area contributed by atoms with Crippen molar-refractivity contribution < 1.29 is 4.79 Å². The number of carbonyl (C=O) groups is 1. The molecule has 1 aromatic carbocycles. The van der Waals surface area contributed by atoms with E-state index in [4.69, 9.17) is 5.73 Å². The number of aromatic amines is 1. The Balaban J connectivity index is 0.00000264. The summed E-state index contributed by atoms with van der Waals surface area (Å²) in [7, 11) is 0. The second kappa shape index (κ2) is 9.12. The Bertz CT molecular complexity index is 686. The molecule has 1 amide bonds. The van der Waals surface area contributed by atoms with Crippen molar-refractivity contribution in [3.05, 3.63) is 69.6 Å². The maximum Gasteiger partial charge on any atom is 0.260 e. The van der Waals surface area contributed by atoms with Gasteiger partial charge in [0.15, 0.2) is 0 Å². The topological polar surface area (TPSA) is 79.2 Å². The summed E-state index contributed by atoms with van der Waals surface area (Å²) in [5, 5.41) is 0. The highest BCUT2D eigenvalue weighted by atomic mass is 35.5. The van der Waals surface area contributed by atoms with Crippen LogP contribution in [0.5, 0.6) is 0 Å². The highest BCUT2D eigenvalue weighted by molar-refractivity contribution is 5.93.